The number of aromatic nitrogens is 5. The third-order valence-corrected chi connectivity index (χ3v) is 4.26. The molecule has 2 heterocycles. The van der Waals surface area contributed by atoms with Crippen LogP contribution >= 0.6 is 34.2 Å². The zero-order valence-electron chi connectivity index (χ0n) is 11.1. The van der Waals surface area contributed by atoms with Gasteiger partial charge in [-0.2, -0.15) is 0 Å². The molecule has 3 rings (SSSR count). The standard InChI is InChI=1S/C13H13ClIN5/c1-8(13-18-16-7-19(13)2)20-11-4-3-9(15)5-10(11)17-12(20)6-14/h3-5,7-8H,6H2,1-2H3. The van der Waals surface area contributed by atoms with Crippen molar-refractivity contribution in [3.63, 3.8) is 0 Å². The summed E-state index contributed by atoms with van der Waals surface area (Å²) in [7, 11) is 1.94. The minimum Gasteiger partial charge on any atom is -0.319 e. The number of aryl methyl sites for hydroxylation is 1. The van der Waals surface area contributed by atoms with E-state index in [4.69, 9.17) is 11.6 Å². The summed E-state index contributed by atoms with van der Waals surface area (Å²) in [6.45, 7) is 2.08. The van der Waals surface area contributed by atoms with Crippen molar-refractivity contribution in [2.24, 2.45) is 7.05 Å². The summed E-state index contributed by atoms with van der Waals surface area (Å²) in [4.78, 5) is 4.62. The normalized spacial score (nSPS) is 13.0. The summed E-state index contributed by atoms with van der Waals surface area (Å²) in [5.41, 5.74) is 2.03. The zero-order valence-corrected chi connectivity index (χ0v) is 14.0. The van der Waals surface area contributed by atoms with Crippen LogP contribution in [0.15, 0.2) is 24.5 Å². The van der Waals surface area contributed by atoms with Gasteiger partial charge in [0, 0.05) is 10.6 Å². The summed E-state index contributed by atoms with van der Waals surface area (Å²) in [5, 5.41) is 8.14. The van der Waals surface area contributed by atoms with Crippen molar-refractivity contribution >= 4 is 45.2 Å². The van der Waals surface area contributed by atoms with Gasteiger partial charge < -0.3 is 9.13 Å². The highest BCUT2D eigenvalue weighted by molar-refractivity contribution is 14.1. The predicted molar refractivity (Wildman–Crippen MR) is 86.8 cm³/mol. The van der Waals surface area contributed by atoms with E-state index in [-0.39, 0.29) is 6.04 Å². The molecule has 20 heavy (non-hydrogen) atoms. The number of nitrogens with zero attached hydrogens (tertiary/aromatic N) is 5. The number of benzene rings is 1. The number of alkyl halides is 1. The fourth-order valence-electron chi connectivity index (χ4n) is 2.43. The minimum absolute atomic E-state index is 0.0290. The van der Waals surface area contributed by atoms with Crippen molar-refractivity contribution in [2.45, 2.75) is 18.8 Å². The molecule has 0 amide bonds. The van der Waals surface area contributed by atoms with Crippen LogP contribution in [-0.2, 0) is 12.9 Å². The maximum absolute atomic E-state index is 6.06. The van der Waals surface area contributed by atoms with Gasteiger partial charge in [-0.3, -0.25) is 0 Å². The van der Waals surface area contributed by atoms with Gasteiger partial charge in [0.15, 0.2) is 5.82 Å². The average molecular weight is 402 g/mol. The summed E-state index contributed by atoms with van der Waals surface area (Å²) >= 11 is 8.35. The number of halogens is 2. The van der Waals surface area contributed by atoms with Gasteiger partial charge in [0.2, 0.25) is 0 Å². The van der Waals surface area contributed by atoms with E-state index in [1.165, 1.54) is 0 Å². The highest BCUT2D eigenvalue weighted by atomic mass is 127. The highest BCUT2D eigenvalue weighted by Crippen LogP contribution is 2.26. The van der Waals surface area contributed by atoms with E-state index in [9.17, 15) is 0 Å². The Balaban J connectivity index is 2.21. The van der Waals surface area contributed by atoms with E-state index in [0.29, 0.717) is 5.88 Å². The summed E-state index contributed by atoms with van der Waals surface area (Å²) in [5.74, 6) is 2.10. The quantitative estimate of drug-likeness (QED) is 0.500. The molecular weight excluding hydrogens is 389 g/mol. The first-order chi connectivity index (χ1) is 9.61. The van der Waals surface area contributed by atoms with E-state index >= 15 is 0 Å². The van der Waals surface area contributed by atoms with Crippen molar-refractivity contribution in [3.05, 3.63) is 39.7 Å². The molecule has 1 atom stereocenters. The maximum Gasteiger partial charge on any atom is 0.155 e. The van der Waals surface area contributed by atoms with Crippen LogP contribution in [0.3, 0.4) is 0 Å². The van der Waals surface area contributed by atoms with Crippen molar-refractivity contribution in [1.29, 1.82) is 0 Å². The first-order valence-corrected chi connectivity index (χ1v) is 7.79. The zero-order chi connectivity index (χ0) is 14.3. The van der Waals surface area contributed by atoms with Crippen molar-refractivity contribution in [2.75, 3.05) is 0 Å². The minimum atomic E-state index is 0.0290. The van der Waals surface area contributed by atoms with E-state index in [2.05, 4.69) is 67.5 Å². The second-order valence-corrected chi connectivity index (χ2v) is 6.15. The average Bonchev–Trinajstić information content (AvgIpc) is 3.00. The number of hydrogen-bond donors (Lipinski definition) is 0. The number of rotatable bonds is 3. The molecule has 1 aromatic carbocycles. The van der Waals surface area contributed by atoms with Crippen LogP contribution in [0.2, 0.25) is 0 Å². The molecule has 0 fully saturated rings. The third kappa shape index (κ3) is 2.20. The molecule has 0 aliphatic carbocycles. The molecular formula is C13H13ClIN5. The molecule has 1 unspecified atom stereocenters. The van der Waals surface area contributed by atoms with Gasteiger partial charge in [-0.05, 0) is 47.7 Å². The first kappa shape index (κ1) is 13.8. The van der Waals surface area contributed by atoms with Crippen LogP contribution in [0, 0.1) is 3.57 Å². The van der Waals surface area contributed by atoms with Gasteiger partial charge in [0.25, 0.3) is 0 Å². The smallest absolute Gasteiger partial charge is 0.155 e. The largest absolute Gasteiger partial charge is 0.319 e. The molecule has 0 aliphatic heterocycles. The van der Waals surface area contributed by atoms with Crippen LogP contribution in [0.4, 0.5) is 0 Å². The Morgan fingerprint density at radius 1 is 1.40 bits per heavy atom. The van der Waals surface area contributed by atoms with Gasteiger partial charge in [0.05, 0.1) is 23.0 Å². The van der Waals surface area contributed by atoms with E-state index in [1.54, 1.807) is 6.33 Å². The Morgan fingerprint density at radius 2 is 2.20 bits per heavy atom. The molecule has 0 bridgehead atoms. The second kappa shape index (κ2) is 5.33. The third-order valence-electron chi connectivity index (χ3n) is 3.35. The lowest BCUT2D eigenvalue weighted by Gasteiger charge is -2.16. The molecule has 3 aromatic rings. The van der Waals surface area contributed by atoms with Gasteiger partial charge in [-0.15, -0.1) is 21.8 Å². The van der Waals surface area contributed by atoms with E-state index in [0.717, 1.165) is 26.3 Å². The first-order valence-electron chi connectivity index (χ1n) is 6.18. The van der Waals surface area contributed by atoms with E-state index < -0.39 is 0 Å². The molecule has 0 aliphatic rings. The molecule has 0 N–H and O–H groups in total. The SMILES string of the molecule is CC(c1nncn1C)n1c(CCl)nc2cc(I)ccc21. The van der Waals surface area contributed by atoms with Crippen LogP contribution in [0.25, 0.3) is 11.0 Å². The lowest BCUT2D eigenvalue weighted by molar-refractivity contribution is 0.572. The second-order valence-electron chi connectivity index (χ2n) is 4.64. The molecule has 104 valence electrons. The number of fused-ring (bicyclic) bond motifs is 1. The summed E-state index contributed by atoms with van der Waals surface area (Å²) in [6, 6.07) is 6.24. The van der Waals surface area contributed by atoms with Crippen LogP contribution in [0.1, 0.15) is 24.6 Å². The molecule has 0 radical (unpaired) electrons. The van der Waals surface area contributed by atoms with Crippen molar-refractivity contribution < 1.29 is 0 Å². The molecule has 0 spiro atoms. The number of hydrogen-bond acceptors (Lipinski definition) is 3. The molecule has 7 heteroatoms. The van der Waals surface area contributed by atoms with Crippen molar-refractivity contribution in [1.82, 2.24) is 24.3 Å². The van der Waals surface area contributed by atoms with Gasteiger partial charge >= 0.3 is 0 Å². The van der Waals surface area contributed by atoms with Gasteiger partial charge in [-0.1, -0.05) is 0 Å². The van der Waals surface area contributed by atoms with E-state index in [1.807, 2.05) is 11.6 Å². The van der Waals surface area contributed by atoms with Crippen LogP contribution in [-0.4, -0.2) is 24.3 Å². The summed E-state index contributed by atoms with van der Waals surface area (Å²) < 4.78 is 5.20. The lowest BCUT2D eigenvalue weighted by atomic mass is 10.2. The molecule has 2 aromatic heterocycles. The Labute approximate surface area is 135 Å². The van der Waals surface area contributed by atoms with Crippen LogP contribution in [0.5, 0.6) is 0 Å². The van der Waals surface area contributed by atoms with Crippen molar-refractivity contribution in [3.8, 4) is 0 Å². The summed E-state index contributed by atoms with van der Waals surface area (Å²) in [6.07, 6.45) is 1.70. The Kier molecular flexibility index (Phi) is 3.68. The highest BCUT2D eigenvalue weighted by Gasteiger charge is 2.20. The fourth-order valence-corrected chi connectivity index (χ4v) is 3.10. The predicted octanol–water partition coefficient (Wildman–Crippen LogP) is 3.12. The monoisotopic (exact) mass is 401 g/mol. The molecule has 5 nitrogen and oxygen atoms in total. The van der Waals surface area contributed by atoms with Gasteiger partial charge in [-0.25, -0.2) is 4.98 Å². The maximum atomic E-state index is 6.06. The number of imidazole rings is 1. The van der Waals surface area contributed by atoms with Crippen LogP contribution < -0.4 is 0 Å². The lowest BCUT2D eigenvalue weighted by Crippen LogP contribution is -2.14. The Bertz CT molecular complexity index is 763. The fraction of sp³-hybridized carbons (Fsp3) is 0.308. The topological polar surface area (TPSA) is 48.5 Å². The van der Waals surface area contributed by atoms with Gasteiger partial charge in [0.1, 0.15) is 12.2 Å². The Morgan fingerprint density at radius 3 is 2.85 bits per heavy atom. The molecule has 0 saturated carbocycles. The molecule has 0 saturated heterocycles. The Hall–Kier alpha value is -1.15.